The minimum absolute atomic E-state index is 0.412. The fourth-order valence-electron chi connectivity index (χ4n) is 11.5. The molecule has 0 nitrogen and oxygen atoms in total. The molecule has 0 fully saturated rings. The molecule has 7 rings (SSSR count). The van der Waals surface area contributed by atoms with Crippen LogP contribution in [0.25, 0.3) is 16.7 Å². The molecule has 0 amide bonds. The normalized spacial score (nSPS) is 12.3. The molecule has 0 atom stereocenters. The van der Waals surface area contributed by atoms with E-state index < -0.39 is 16.1 Å². The maximum absolute atomic E-state index is 4.08. The van der Waals surface area contributed by atoms with Gasteiger partial charge in [-0.3, -0.25) is 0 Å². The van der Waals surface area contributed by atoms with Gasteiger partial charge in [0.05, 0.1) is 27.9 Å². The maximum Gasteiger partial charge on any atom is 0.146 e. The van der Waals surface area contributed by atoms with Gasteiger partial charge in [-0.1, -0.05) is 312 Å². The highest BCUT2D eigenvalue weighted by Crippen LogP contribution is 2.42. The lowest BCUT2D eigenvalue weighted by molar-refractivity contribution is 0.838. The zero-order valence-electron chi connectivity index (χ0n) is 46.8. The zero-order chi connectivity index (χ0) is 54.2. The van der Waals surface area contributed by atoms with Crippen molar-refractivity contribution in [3.05, 3.63) is 243 Å². The van der Waals surface area contributed by atoms with E-state index in [0.29, 0.717) is 61.1 Å². The van der Waals surface area contributed by atoms with Crippen LogP contribution in [0.15, 0.2) is 210 Å². The third-order valence-electron chi connectivity index (χ3n) is 15.2. The van der Waals surface area contributed by atoms with Crippen molar-refractivity contribution < 1.29 is 0 Å². The standard InChI is InChI=1S/C74H72Si2/c1-55(2)75(56(3)4,57(5)6)53-51-62(52-54-76(58(7)8,59(9)10)60(11)12)61-43-45-69(72(63-31-19-13-20-32-63)64-33-21-14-22-34-64)47-49-71(74(67-39-27-17-28-40-67)68-41-29-18-30-42-68)50-48-70(46-44-61)73(65-35-23-15-24-36-65)66-37-25-16-26-38-66/h13-42,55-60H,1-12H3. The van der Waals surface area contributed by atoms with E-state index in [4.69, 9.17) is 0 Å². The molecule has 0 N–H and O–H groups in total. The molecule has 0 aliphatic heterocycles. The van der Waals surface area contributed by atoms with Gasteiger partial charge in [-0.05, 0) is 78.5 Å². The molecule has 76 heavy (non-hydrogen) atoms. The molecule has 0 heterocycles. The highest BCUT2D eigenvalue weighted by atomic mass is 28.3. The van der Waals surface area contributed by atoms with Crippen LogP contribution in [-0.4, -0.2) is 16.1 Å². The Morgan fingerprint density at radius 1 is 0.263 bits per heavy atom. The Hall–Kier alpha value is -7.93. The van der Waals surface area contributed by atoms with Crippen molar-refractivity contribution in [1.29, 1.82) is 0 Å². The lowest BCUT2D eigenvalue weighted by atomic mass is 9.90. The predicted octanol–water partition coefficient (Wildman–Crippen LogP) is 18.3. The molecule has 0 saturated heterocycles. The van der Waals surface area contributed by atoms with Gasteiger partial charge in [-0.25, -0.2) is 0 Å². The lowest BCUT2D eigenvalue weighted by Crippen LogP contribution is -2.43. The molecule has 0 saturated carbocycles. The number of rotatable bonds is 12. The van der Waals surface area contributed by atoms with Gasteiger partial charge in [-0.2, -0.15) is 0 Å². The average molecular weight is 1020 g/mol. The Balaban J connectivity index is 1.78. The van der Waals surface area contributed by atoms with E-state index in [1.165, 1.54) is 0 Å². The molecular formula is C74H72Si2. The summed E-state index contributed by atoms with van der Waals surface area (Å²) in [5.41, 5.74) is 22.6. The third-order valence-corrected chi connectivity index (χ3v) is 27.7. The fraction of sp³-hybridized carbons (Fsp3) is 0.243. The van der Waals surface area contributed by atoms with Gasteiger partial charge in [0, 0.05) is 16.7 Å². The van der Waals surface area contributed by atoms with Gasteiger partial charge in [0.2, 0.25) is 0 Å². The monoisotopic (exact) mass is 1020 g/mol. The van der Waals surface area contributed by atoms with Crippen LogP contribution in [0.4, 0.5) is 0 Å². The van der Waals surface area contributed by atoms with Crippen LogP contribution < -0.4 is 0 Å². The van der Waals surface area contributed by atoms with Crippen LogP contribution in [0.5, 0.6) is 0 Å². The first-order valence-corrected chi connectivity index (χ1v) is 31.6. The predicted molar refractivity (Wildman–Crippen MR) is 332 cm³/mol. The van der Waals surface area contributed by atoms with E-state index in [0.717, 1.165) is 50.1 Å². The lowest BCUT2D eigenvalue weighted by Gasteiger charge is -2.38. The molecule has 1 aliphatic rings. The van der Waals surface area contributed by atoms with Gasteiger partial charge in [0.15, 0.2) is 0 Å². The van der Waals surface area contributed by atoms with Crippen molar-refractivity contribution >= 4 is 32.9 Å². The first-order valence-electron chi connectivity index (χ1n) is 27.1. The molecule has 0 bridgehead atoms. The van der Waals surface area contributed by atoms with Crippen LogP contribution in [0.2, 0.25) is 33.2 Å². The fourth-order valence-corrected chi connectivity index (χ4v) is 21.9. The topological polar surface area (TPSA) is 0 Å². The molecule has 0 radical (unpaired) electrons. The van der Waals surface area contributed by atoms with Crippen LogP contribution in [-0.2, 0) is 0 Å². The van der Waals surface area contributed by atoms with E-state index in [9.17, 15) is 0 Å². The number of allylic oxidation sites excluding steroid dienone is 5. The van der Waals surface area contributed by atoms with Crippen LogP contribution >= 0.6 is 0 Å². The molecule has 376 valence electrons. The summed E-state index contributed by atoms with van der Waals surface area (Å²) in [5, 5.41) is 0. The number of benzene rings is 6. The highest BCUT2D eigenvalue weighted by molar-refractivity contribution is 6.91. The van der Waals surface area contributed by atoms with Crippen molar-refractivity contribution in [2.45, 2.75) is 116 Å². The Kier molecular flexibility index (Phi) is 19.1. The second-order valence-electron chi connectivity index (χ2n) is 21.5. The van der Waals surface area contributed by atoms with Gasteiger partial charge in [-0.15, -0.1) is 11.1 Å². The Bertz CT molecular complexity index is 3150. The quantitative estimate of drug-likeness (QED) is 0.0846. The molecule has 6 aromatic rings. The molecule has 0 unspecified atom stereocenters. The van der Waals surface area contributed by atoms with Crippen molar-refractivity contribution in [3.63, 3.8) is 0 Å². The van der Waals surface area contributed by atoms with E-state index in [-0.39, 0.29) is 0 Å². The van der Waals surface area contributed by atoms with Gasteiger partial charge in [0.25, 0.3) is 0 Å². The van der Waals surface area contributed by atoms with Crippen LogP contribution in [0.1, 0.15) is 116 Å². The molecule has 2 heteroatoms. The van der Waals surface area contributed by atoms with E-state index >= 15 is 0 Å². The van der Waals surface area contributed by atoms with Crippen molar-refractivity contribution in [1.82, 2.24) is 0 Å². The summed E-state index contributed by atoms with van der Waals surface area (Å²) >= 11 is 0. The summed E-state index contributed by atoms with van der Waals surface area (Å²) in [5.74, 6) is 37.6. The van der Waals surface area contributed by atoms with Crippen LogP contribution in [0, 0.1) is 70.3 Å². The summed E-state index contributed by atoms with van der Waals surface area (Å²) in [6, 6.07) is 62.7. The van der Waals surface area contributed by atoms with Crippen molar-refractivity contribution in [3.8, 4) is 70.3 Å². The maximum atomic E-state index is 4.08. The smallest absolute Gasteiger partial charge is 0.124 e. The molecular weight excluding hydrogens is 945 g/mol. The SMILES string of the molecule is CC(C)[Si](C#CC(C#C[Si](C(C)C)(C(C)C)C(C)C)=C1C#CC(=C(c2ccccc2)c2ccccc2)C#CC(=C(c2ccccc2)c2ccccc2)C#CC(=C(c2ccccc2)c2ccccc2)C#C1)(C(C)C)C(C)C. The van der Waals surface area contributed by atoms with E-state index in [1.807, 2.05) is 36.4 Å². The van der Waals surface area contributed by atoms with Gasteiger partial charge < -0.3 is 0 Å². The van der Waals surface area contributed by atoms with Gasteiger partial charge >= 0.3 is 0 Å². The van der Waals surface area contributed by atoms with Crippen molar-refractivity contribution in [2.75, 3.05) is 0 Å². The Labute approximate surface area is 460 Å². The second kappa shape index (κ2) is 26.0. The zero-order valence-corrected chi connectivity index (χ0v) is 48.8. The Morgan fingerprint density at radius 3 is 0.605 bits per heavy atom. The largest absolute Gasteiger partial charge is 0.146 e. The number of hydrogen-bond donors (Lipinski definition) is 0. The highest BCUT2D eigenvalue weighted by Gasteiger charge is 2.43. The molecule has 6 aromatic carbocycles. The molecule has 0 aromatic heterocycles. The Morgan fingerprint density at radius 2 is 0.434 bits per heavy atom. The average Bonchev–Trinajstić information content (AvgIpc) is 3.42. The van der Waals surface area contributed by atoms with Gasteiger partial charge in [0.1, 0.15) is 16.1 Å². The minimum Gasteiger partial charge on any atom is -0.124 e. The summed E-state index contributed by atoms with van der Waals surface area (Å²) in [6.07, 6.45) is 0. The third kappa shape index (κ3) is 12.8. The second-order valence-corrected chi connectivity index (χ2v) is 32.7. The summed E-state index contributed by atoms with van der Waals surface area (Å²) in [4.78, 5) is 0. The number of hydrogen-bond acceptors (Lipinski definition) is 0. The first-order chi connectivity index (χ1) is 36.7. The summed E-state index contributed by atoms with van der Waals surface area (Å²) in [7, 11) is -4.56. The summed E-state index contributed by atoms with van der Waals surface area (Å²) < 4.78 is 0. The van der Waals surface area contributed by atoms with E-state index in [1.54, 1.807) is 0 Å². The molecule has 1 aliphatic carbocycles. The minimum atomic E-state index is -2.28. The summed E-state index contributed by atoms with van der Waals surface area (Å²) in [6.45, 7) is 28.4. The first kappa shape index (κ1) is 55.8. The molecule has 0 spiro atoms. The van der Waals surface area contributed by atoms with Crippen molar-refractivity contribution in [2.24, 2.45) is 0 Å². The van der Waals surface area contributed by atoms with E-state index in [2.05, 4.69) is 299 Å². The van der Waals surface area contributed by atoms with Crippen LogP contribution in [0.3, 0.4) is 0 Å².